The van der Waals surface area contributed by atoms with Gasteiger partial charge >= 0.3 is 11.9 Å². The average Bonchev–Trinajstić information content (AvgIpc) is 2.45. The van der Waals surface area contributed by atoms with Gasteiger partial charge in [0.25, 0.3) is 0 Å². The smallest absolute Gasteiger partial charge is 0.333 e. The Morgan fingerprint density at radius 3 is 2.50 bits per heavy atom. The molecule has 0 saturated carbocycles. The van der Waals surface area contributed by atoms with Crippen LogP contribution in [0.5, 0.6) is 0 Å². The lowest BCUT2D eigenvalue weighted by molar-refractivity contribution is -0.141. The molecule has 0 fully saturated rings. The molecule has 0 heterocycles. The van der Waals surface area contributed by atoms with Crippen molar-refractivity contribution in [3.63, 3.8) is 0 Å². The van der Waals surface area contributed by atoms with Gasteiger partial charge in [-0.25, -0.2) is 9.59 Å². The summed E-state index contributed by atoms with van der Waals surface area (Å²) < 4.78 is 9.77. The molecule has 1 N–H and O–H groups in total. The highest BCUT2D eigenvalue weighted by atomic mass is 16.5. The van der Waals surface area contributed by atoms with E-state index in [1.165, 1.54) is 0 Å². The maximum atomic E-state index is 11.5. The fraction of sp³-hybridized carbons (Fsp3) is 0.600. The maximum absolute atomic E-state index is 11.5. The van der Waals surface area contributed by atoms with Gasteiger partial charge in [-0.05, 0) is 25.9 Å². The predicted molar refractivity (Wildman–Crippen MR) is 78.3 cm³/mol. The zero-order valence-electron chi connectivity index (χ0n) is 12.3. The van der Waals surface area contributed by atoms with Crippen LogP contribution in [0.1, 0.15) is 32.6 Å². The van der Waals surface area contributed by atoms with Crippen molar-refractivity contribution in [1.29, 1.82) is 0 Å². The molecule has 0 radical (unpaired) electrons. The molecule has 0 aromatic carbocycles. The lowest BCUT2D eigenvalue weighted by Gasteiger charge is -2.08. The molecule has 0 saturated heterocycles. The molecule has 114 valence electrons. The molecule has 0 aromatic heterocycles. The van der Waals surface area contributed by atoms with E-state index in [0.29, 0.717) is 18.4 Å². The van der Waals surface area contributed by atoms with Gasteiger partial charge in [-0.2, -0.15) is 0 Å². The molecule has 0 atom stereocenters. The highest BCUT2D eigenvalue weighted by Crippen LogP contribution is 2.01. The van der Waals surface area contributed by atoms with Gasteiger partial charge in [0, 0.05) is 18.1 Å². The van der Waals surface area contributed by atoms with E-state index in [4.69, 9.17) is 9.47 Å². The number of hydrogen-bond donors (Lipinski definition) is 1. The Labute approximate surface area is 121 Å². The molecule has 5 nitrogen and oxygen atoms in total. The van der Waals surface area contributed by atoms with E-state index >= 15 is 0 Å². The largest absolute Gasteiger partial charge is 0.462 e. The first-order valence-electron chi connectivity index (χ1n) is 6.96. The monoisotopic (exact) mass is 283 g/mol. The van der Waals surface area contributed by atoms with Crippen molar-refractivity contribution in [2.75, 3.05) is 26.3 Å². The Hall–Kier alpha value is -1.62. The third kappa shape index (κ3) is 10.3. The van der Waals surface area contributed by atoms with Crippen LogP contribution in [0.2, 0.25) is 0 Å². The van der Waals surface area contributed by atoms with E-state index in [9.17, 15) is 9.59 Å². The molecular weight excluding hydrogens is 258 g/mol. The first kappa shape index (κ1) is 18.4. The summed E-state index contributed by atoms with van der Waals surface area (Å²) in [7, 11) is 0. The molecule has 0 aliphatic carbocycles. The minimum absolute atomic E-state index is 0.211. The Kier molecular flexibility index (Phi) is 11.4. The Bertz CT molecular complexity index is 326. The average molecular weight is 283 g/mol. The Morgan fingerprint density at radius 1 is 1.15 bits per heavy atom. The van der Waals surface area contributed by atoms with Crippen LogP contribution >= 0.6 is 0 Å². The summed E-state index contributed by atoms with van der Waals surface area (Å²) in [5.74, 6) is -0.865. The van der Waals surface area contributed by atoms with Gasteiger partial charge < -0.3 is 14.8 Å². The van der Waals surface area contributed by atoms with E-state index in [1.807, 2.05) is 0 Å². The molecule has 0 aliphatic rings. The normalized spacial score (nSPS) is 9.85. The number of rotatable bonds is 12. The second kappa shape index (κ2) is 12.4. The summed E-state index contributed by atoms with van der Waals surface area (Å²) in [6, 6.07) is 0. The molecule has 0 aliphatic heterocycles. The summed E-state index contributed by atoms with van der Waals surface area (Å²) in [4.78, 5) is 22.3. The fourth-order valence-corrected chi connectivity index (χ4v) is 1.33. The van der Waals surface area contributed by atoms with E-state index in [1.54, 1.807) is 0 Å². The van der Waals surface area contributed by atoms with Crippen molar-refractivity contribution in [2.24, 2.45) is 0 Å². The standard InChI is InChI=1S/C15H25NO4/c1-4-6-9-16-10-8-13(3)15(18)20-12-7-11-19-14(17)5-2/h5,16H,2-4,6-12H2,1H3. The van der Waals surface area contributed by atoms with Gasteiger partial charge in [0.1, 0.15) is 0 Å². The maximum Gasteiger partial charge on any atom is 0.333 e. The summed E-state index contributed by atoms with van der Waals surface area (Å²) in [5, 5.41) is 3.23. The molecule has 5 heteroatoms. The Balaban J connectivity index is 3.53. The van der Waals surface area contributed by atoms with Crippen LogP contribution in [0.25, 0.3) is 0 Å². The Morgan fingerprint density at radius 2 is 1.85 bits per heavy atom. The van der Waals surface area contributed by atoms with Gasteiger partial charge in [-0.15, -0.1) is 0 Å². The first-order chi connectivity index (χ1) is 9.61. The van der Waals surface area contributed by atoms with Gasteiger partial charge in [0.2, 0.25) is 0 Å². The number of esters is 2. The van der Waals surface area contributed by atoms with E-state index in [2.05, 4.69) is 25.4 Å². The van der Waals surface area contributed by atoms with Crippen LogP contribution in [-0.2, 0) is 19.1 Å². The van der Waals surface area contributed by atoms with Crippen molar-refractivity contribution < 1.29 is 19.1 Å². The topological polar surface area (TPSA) is 64.6 Å². The number of carbonyl (C=O) groups is 2. The SMILES string of the molecule is C=CC(=O)OCCCOC(=O)C(=C)CCNCCCC. The zero-order valence-corrected chi connectivity index (χ0v) is 12.3. The van der Waals surface area contributed by atoms with Gasteiger partial charge in [-0.1, -0.05) is 26.5 Å². The molecule has 0 spiro atoms. The molecule has 0 rings (SSSR count). The van der Waals surface area contributed by atoms with E-state index < -0.39 is 11.9 Å². The lowest BCUT2D eigenvalue weighted by Crippen LogP contribution is -2.19. The molecule has 0 aromatic rings. The number of ether oxygens (including phenoxy) is 2. The van der Waals surface area contributed by atoms with Crippen LogP contribution in [0.4, 0.5) is 0 Å². The molecule has 0 bridgehead atoms. The summed E-state index contributed by atoms with van der Waals surface area (Å²) in [5.41, 5.74) is 0.456. The minimum atomic E-state index is -0.473. The third-order valence-electron chi connectivity index (χ3n) is 2.53. The second-order valence-electron chi connectivity index (χ2n) is 4.32. The predicted octanol–water partition coefficient (Wildman–Crippen LogP) is 1.98. The van der Waals surface area contributed by atoms with Crippen molar-refractivity contribution in [1.82, 2.24) is 5.32 Å². The van der Waals surface area contributed by atoms with Crippen LogP contribution in [0.3, 0.4) is 0 Å². The third-order valence-corrected chi connectivity index (χ3v) is 2.53. The zero-order chi connectivity index (χ0) is 15.2. The van der Waals surface area contributed by atoms with Gasteiger partial charge in [0.15, 0.2) is 0 Å². The lowest BCUT2D eigenvalue weighted by atomic mass is 10.2. The highest BCUT2D eigenvalue weighted by Gasteiger charge is 2.07. The number of nitrogens with one attached hydrogen (secondary N) is 1. The van der Waals surface area contributed by atoms with E-state index in [0.717, 1.165) is 32.0 Å². The summed E-state index contributed by atoms with van der Waals surface area (Å²) >= 11 is 0. The van der Waals surface area contributed by atoms with Crippen LogP contribution < -0.4 is 5.32 Å². The van der Waals surface area contributed by atoms with E-state index in [-0.39, 0.29) is 13.2 Å². The quantitative estimate of drug-likeness (QED) is 0.337. The van der Waals surface area contributed by atoms with Gasteiger partial charge in [-0.3, -0.25) is 0 Å². The van der Waals surface area contributed by atoms with Crippen LogP contribution in [0, 0.1) is 0 Å². The van der Waals surface area contributed by atoms with Crippen LogP contribution in [0.15, 0.2) is 24.8 Å². The van der Waals surface area contributed by atoms with Crippen molar-refractivity contribution >= 4 is 11.9 Å². The summed E-state index contributed by atoms with van der Waals surface area (Å²) in [6.07, 6.45) is 4.41. The second-order valence-corrected chi connectivity index (χ2v) is 4.32. The van der Waals surface area contributed by atoms with Crippen LogP contribution in [-0.4, -0.2) is 38.2 Å². The highest BCUT2D eigenvalue weighted by molar-refractivity contribution is 5.87. The molecule has 0 unspecified atom stereocenters. The number of carbonyl (C=O) groups excluding carboxylic acids is 2. The van der Waals surface area contributed by atoms with Crippen molar-refractivity contribution in [2.45, 2.75) is 32.6 Å². The molecular formula is C15H25NO4. The van der Waals surface area contributed by atoms with Gasteiger partial charge in [0.05, 0.1) is 13.2 Å². The molecule has 20 heavy (non-hydrogen) atoms. The minimum Gasteiger partial charge on any atom is -0.462 e. The van der Waals surface area contributed by atoms with Crippen molar-refractivity contribution in [3.05, 3.63) is 24.8 Å². The summed E-state index contributed by atoms with van der Waals surface area (Å²) in [6.45, 7) is 11.2. The number of unbranched alkanes of at least 4 members (excludes halogenated alkanes) is 1. The van der Waals surface area contributed by atoms with Crippen molar-refractivity contribution in [3.8, 4) is 0 Å². The molecule has 0 amide bonds. The number of hydrogen-bond acceptors (Lipinski definition) is 5. The fourth-order valence-electron chi connectivity index (χ4n) is 1.33. The first-order valence-corrected chi connectivity index (χ1v) is 6.96.